The van der Waals surface area contributed by atoms with E-state index in [0.717, 1.165) is 24.3 Å². The Hall–Kier alpha value is -0.590. The Balaban J connectivity index is 2.11. The molecule has 0 aromatic rings. The van der Waals surface area contributed by atoms with Gasteiger partial charge in [-0.1, -0.05) is 12.5 Å². The minimum absolute atomic E-state index is 0.0660. The smallest absolute Gasteiger partial charge is 0.142 e. The summed E-state index contributed by atoms with van der Waals surface area (Å²) in [5.41, 5.74) is 1.08. The third kappa shape index (κ3) is 1.45. The van der Waals surface area contributed by atoms with Gasteiger partial charge in [0.15, 0.2) is 0 Å². The van der Waals surface area contributed by atoms with Crippen LogP contribution in [0.4, 0.5) is 0 Å². The first-order valence-electron chi connectivity index (χ1n) is 5.22. The van der Waals surface area contributed by atoms with Gasteiger partial charge in [-0.15, -0.1) is 6.58 Å². The molecule has 0 bridgehead atoms. The number of hydrogen-bond donors (Lipinski definition) is 0. The summed E-state index contributed by atoms with van der Waals surface area (Å²) in [6, 6.07) is 0. The lowest BCUT2D eigenvalue weighted by atomic mass is 9.71. The third-order valence-electron chi connectivity index (χ3n) is 3.61. The van der Waals surface area contributed by atoms with Gasteiger partial charge in [0.25, 0.3) is 0 Å². The van der Waals surface area contributed by atoms with Crippen LogP contribution >= 0.6 is 0 Å². The van der Waals surface area contributed by atoms with Crippen LogP contribution in [0, 0.1) is 17.3 Å². The first kappa shape index (κ1) is 8.98. The molecular weight excluding hydrogens is 160 g/mol. The van der Waals surface area contributed by atoms with Crippen LogP contribution in [0.2, 0.25) is 0 Å². The molecule has 2 rings (SSSR count). The van der Waals surface area contributed by atoms with Gasteiger partial charge >= 0.3 is 0 Å². The molecule has 3 atom stereocenters. The van der Waals surface area contributed by atoms with Crippen molar-refractivity contribution in [2.24, 2.45) is 17.3 Å². The van der Waals surface area contributed by atoms with Crippen LogP contribution in [0.15, 0.2) is 12.2 Å². The zero-order chi connectivity index (χ0) is 9.64. The average molecular weight is 178 g/mol. The van der Waals surface area contributed by atoms with Crippen molar-refractivity contribution in [1.82, 2.24) is 0 Å². The van der Waals surface area contributed by atoms with Crippen LogP contribution in [0.5, 0.6) is 0 Å². The minimum Gasteiger partial charge on any atom is -0.299 e. The monoisotopic (exact) mass is 178 g/mol. The van der Waals surface area contributed by atoms with Crippen LogP contribution in [0.25, 0.3) is 0 Å². The highest BCUT2D eigenvalue weighted by Gasteiger charge is 2.53. The molecule has 0 saturated heterocycles. The van der Waals surface area contributed by atoms with Crippen molar-refractivity contribution in [3.8, 4) is 0 Å². The molecule has 0 aromatic heterocycles. The van der Waals surface area contributed by atoms with Gasteiger partial charge in [0.1, 0.15) is 5.78 Å². The van der Waals surface area contributed by atoms with Gasteiger partial charge in [-0.25, -0.2) is 0 Å². The van der Waals surface area contributed by atoms with Crippen LogP contribution < -0.4 is 0 Å². The van der Waals surface area contributed by atoms with Crippen molar-refractivity contribution in [3.05, 3.63) is 12.2 Å². The van der Waals surface area contributed by atoms with Crippen molar-refractivity contribution in [2.45, 2.75) is 39.5 Å². The summed E-state index contributed by atoms with van der Waals surface area (Å²) in [6.07, 6.45) is 4.42. The molecular formula is C12H18O. The van der Waals surface area contributed by atoms with Crippen molar-refractivity contribution >= 4 is 5.78 Å². The first-order chi connectivity index (χ1) is 6.03. The number of ketones is 1. The van der Waals surface area contributed by atoms with E-state index in [1.807, 2.05) is 6.92 Å². The predicted octanol–water partition coefficient (Wildman–Crippen LogP) is 2.96. The number of rotatable bonds is 2. The SMILES string of the molecule is C=C(C)C[C@]1(C)CC[C@@H]2C[C@@H]2C1=O. The Morgan fingerprint density at radius 2 is 2.38 bits per heavy atom. The average Bonchev–Trinajstić information content (AvgIpc) is 2.75. The summed E-state index contributed by atoms with van der Waals surface area (Å²) in [5.74, 6) is 1.70. The van der Waals surface area contributed by atoms with Gasteiger partial charge in [-0.2, -0.15) is 0 Å². The van der Waals surface area contributed by atoms with Crippen LogP contribution in [-0.4, -0.2) is 5.78 Å². The standard InChI is InChI=1S/C12H18O/c1-8(2)7-12(3)5-4-9-6-10(9)11(12)13/h9-10H,1,4-7H2,2-3H3/t9-,10+,12+/m1/s1. The lowest BCUT2D eigenvalue weighted by Gasteiger charge is -2.31. The molecule has 1 nitrogen and oxygen atoms in total. The number of Topliss-reactive ketones (excluding diaryl/α,β-unsaturated/α-hetero) is 1. The van der Waals surface area contributed by atoms with Crippen molar-refractivity contribution in [3.63, 3.8) is 0 Å². The molecule has 13 heavy (non-hydrogen) atoms. The van der Waals surface area contributed by atoms with Crippen molar-refractivity contribution in [2.75, 3.05) is 0 Å². The molecule has 72 valence electrons. The van der Waals surface area contributed by atoms with Crippen LogP contribution in [-0.2, 0) is 4.79 Å². The van der Waals surface area contributed by atoms with E-state index in [1.165, 1.54) is 12.8 Å². The van der Waals surface area contributed by atoms with Gasteiger partial charge < -0.3 is 0 Å². The fourth-order valence-corrected chi connectivity index (χ4v) is 2.80. The maximum atomic E-state index is 12.0. The largest absolute Gasteiger partial charge is 0.299 e. The number of fused-ring (bicyclic) bond motifs is 1. The molecule has 0 aliphatic heterocycles. The highest BCUT2D eigenvalue weighted by Crippen LogP contribution is 2.54. The zero-order valence-electron chi connectivity index (χ0n) is 8.60. The molecule has 0 aromatic carbocycles. The second-order valence-corrected chi connectivity index (χ2v) is 5.20. The molecule has 0 N–H and O–H groups in total. The minimum atomic E-state index is -0.0660. The van der Waals surface area contributed by atoms with Gasteiger partial charge in [0, 0.05) is 11.3 Å². The number of hydrogen-bond acceptors (Lipinski definition) is 1. The summed E-state index contributed by atoms with van der Waals surface area (Å²) in [6.45, 7) is 8.06. The highest BCUT2D eigenvalue weighted by molar-refractivity contribution is 5.90. The Morgan fingerprint density at radius 3 is 3.00 bits per heavy atom. The predicted molar refractivity (Wildman–Crippen MR) is 53.4 cm³/mol. The van der Waals surface area contributed by atoms with Gasteiger partial charge in [-0.05, 0) is 38.5 Å². The fourth-order valence-electron chi connectivity index (χ4n) is 2.80. The fraction of sp³-hybridized carbons (Fsp3) is 0.750. The number of allylic oxidation sites excluding steroid dienone is 1. The zero-order valence-corrected chi connectivity index (χ0v) is 8.60. The molecule has 2 aliphatic carbocycles. The molecule has 2 aliphatic rings. The third-order valence-corrected chi connectivity index (χ3v) is 3.61. The van der Waals surface area contributed by atoms with E-state index in [9.17, 15) is 4.79 Å². The van der Waals surface area contributed by atoms with E-state index < -0.39 is 0 Å². The highest BCUT2D eigenvalue weighted by atomic mass is 16.1. The van der Waals surface area contributed by atoms with Gasteiger partial charge in [-0.3, -0.25) is 4.79 Å². The van der Waals surface area contributed by atoms with Gasteiger partial charge in [0.05, 0.1) is 0 Å². The molecule has 0 radical (unpaired) electrons. The van der Waals surface area contributed by atoms with Crippen molar-refractivity contribution < 1.29 is 4.79 Å². The van der Waals surface area contributed by atoms with E-state index in [4.69, 9.17) is 0 Å². The maximum Gasteiger partial charge on any atom is 0.142 e. The molecule has 0 heterocycles. The molecule has 0 amide bonds. The quantitative estimate of drug-likeness (QED) is 0.594. The van der Waals surface area contributed by atoms with E-state index in [2.05, 4.69) is 13.5 Å². The van der Waals surface area contributed by atoms with E-state index >= 15 is 0 Å². The Bertz CT molecular complexity index is 266. The second-order valence-electron chi connectivity index (χ2n) is 5.20. The summed E-state index contributed by atoms with van der Waals surface area (Å²) in [7, 11) is 0. The topological polar surface area (TPSA) is 17.1 Å². The maximum absolute atomic E-state index is 12.0. The van der Waals surface area contributed by atoms with Crippen LogP contribution in [0.3, 0.4) is 0 Å². The second kappa shape index (κ2) is 2.70. The molecule has 0 unspecified atom stereocenters. The Kier molecular flexibility index (Phi) is 1.86. The normalized spacial score (nSPS) is 42.8. The molecule has 2 fully saturated rings. The number of carbonyl (C=O) groups is 1. The first-order valence-corrected chi connectivity index (χ1v) is 5.22. The summed E-state index contributed by atoms with van der Waals surface area (Å²) in [4.78, 5) is 12.0. The summed E-state index contributed by atoms with van der Waals surface area (Å²) < 4.78 is 0. The van der Waals surface area contributed by atoms with Crippen molar-refractivity contribution in [1.29, 1.82) is 0 Å². The Morgan fingerprint density at radius 1 is 1.69 bits per heavy atom. The van der Waals surface area contributed by atoms with E-state index in [0.29, 0.717) is 11.7 Å². The molecule has 2 saturated carbocycles. The lowest BCUT2D eigenvalue weighted by Crippen LogP contribution is -2.33. The summed E-state index contributed by atoms with van der Waals surface area (Å²) >= 11 is 0. The molecule has 0 spiro atoms. The number of carbonyl (C=O) groups excluding carboxylic acids is 1. The van der Waals surface area contributed by atoms with Crippen LogP contribution in [0.1, 0.15) is 39.5 Å². The Labute approximate surface area is 80.2 Å². The van der Waals surface area contributed by atoms with E-state index in [1.54, 1.807) is 0 Å². The molecule has 1 heteroatoms. The van der Waals surface area contributed by atoms with Gasteiger partial charge in [0.2, 0.25) is 0 Å². The lowest BCUT2D eigenvalue weighted by molar-refractivity contribution is -0.131. The van der Waals surface area contributed by atoms with E-state index in [-0.39, 0.29) is 5.41 Å². The summed E-state index contributed by atoms with van der Waals surface area (Å²) in [5, 5.41) is 0.